The van der Waals surface area contributed by atoms with Crippen LogP contribution in [-0.4, -0.2) is 24.2 Å². The Kier molecular flexibility index (Phi) is 4.83. The first-order valence-corrected chi connectivity index (χ1v) is 5.41. The maximum atomic E-state index is 10.6. The summed E-state index contributed by atoms with van der Waals surface area (Å²) in [6, 6.07) is 3.30. The summed E-state index contributed by atoms with van der Waals surface area (Å²) in [6.45, 7) is 3.15. The fourth-order valence-corrected chi connectivity index (χ4v) is 2.06. The zero-order chi connectivity index (χ0) is 10.7. The molecular formula is C11H16ClNO3. The molecule has 1 fully saturated rings. The molecule has 0 bridgehead atoms. The van der Waals surface area contributed by atoms with E-state index < -0.39 is 5.97 Å². The molecule has 2 N–H and O–H groups in total. The third-order valence-corrected chi connectivity index (χ3v) is 2.86. The van der Waals surface area contributed by atoms with Gasteiger partial charge in [-0.05, 0) is 31.4 Å². The quantitative estimate of drug-likeness (QED) is 0.622. The van der Waals surface area contributed by atoms with Gasteiger partial charge in [0.15, 0.2) is 5.76 Å². The lowest BCUT2D eigenvalue weighted by Crippen LogP contribution is -3.11. The van der Waals surface area contributed by atoms with Crippen molar-refractivity contribution >= 4 is 5.97 Å². The Morgan fingerprint density at radius 3 is 2.56 bits per heavy atom. The molecule has 0 aromatic carbocycles. The lowest BCUT2D eigenvalue weighted by atomic mass is 10.1. The first kappa shape index (κ1) is 13.1. The van der Waals surface area contributed by atoms with Gasteiger partial charge in [0.25, 0.3) is 0 Å². The highest BCUT2D eigenvalue weighted by atomic mass is 35.5. The van der Waals surface area contributed by atoms with Crippen LogP contribution in [0.1, 0.15) is 35.6 Å². The average Bonchev–Trinajstić information content (AvgIpc) is 2.68. The second kappa shape index (κ2) is 5.92. The Balaban J connectivity index is 0.00000128. The number of hydrogen-bond donors (Lipinski definition) is 2. The van der Waals surface area contributed by atoms with Gasteiger partial charge in [0.1, 0.15) is 6.54 Å². The topological polar surface area (TPSA) is 54.9 Å². The molecule has 1 saturated heterocycles. The van der Waals surface area contributed by atoms with Crippen LogP contribution in [0.15, 0.2) is 16.5 Å². The number of hydrogen-bond acceptors (Lipinski definition) is 2. The normalized spacial score (nSPS) is 16.8. The van der Waals surface area contributed by atoms with Gasteiger partial charge in [0.2, 0.25) is 5.76 Å². The Hall–Kier alpha value is -1.00. The van der Waals surface area contributed by atoms with E-state index >= 15 is 0 Å². The predicted molar refractivity (Wildman–Crippen MR) is 53.9 cm³/mol. The molecule has 1 aliphatic heterocycles. The third-order valence-electron chi connectivity index (χ3n) is 2.86. The van der Waals surface area contributed by atoms with Gasteiger partial charge in [0, 0.05) is 0 Å². The summed E-state index contributed by atoms with van der Waals surface area (Å²) >= 11 is 0. The summed E-state index contributed by atoms with van der Waals surface area (Å²) < 4.78 is 5.23. The van der Waals surface area contributed by atoms with E-state index in [1.165, 1.54) is 43.3 Å². The predicted octanol–water partition coefficient (Wildman–Crippen LogP) is -2.45. The van der Waals surface area contributed by atoms with Crippen molar-refractivity contribution in [2.45, 2.75) is 25.8 Å². The van der Waals surface area contributed by atoms with Crippen LogP contribution in [0.2, 0.25) is 0 Å². The molecule has 2 rings (SSSR count). The van der Waals surface area contributed by atoms with E-state index in [9.17, 15) is 4.79 Å². The maximum Gasteiger partial charge on any atom is 0.371 e. The van der Waals surface area contributed by atoms with Crippen molar-refractivity contribution in [2.24, 2.45) is 0 Å². The number of aromatic carboxylic acids is 1. The SMILES string of the molecule is O=C(O)c1ccc(C[NH+]2CCCCC2)o1.[Cl-]. The number of carboxylic acid groups (broad SMARTS) is 1. The van der Waals surface area contributed by atoms with Crippen molar-refractivity contribution in [3.05, 3.63) is 23.7 Å². The highest BCUT2D eigenvalue weighted by molar-refractivity contribution is 5.84. The van der Waals surface area contributed by atoms with Gasteiger partial charge in [-0.1, -0.05) is 0 Å². The number of rotatable bonds is 3. The summed E-state index contributed by atoms with van der Waals surface area (Å²) in [4.78, 5) is 12.1. The second-order valence-electron chi connectivity index (χ2n) is 4.06. The number of quaternary nitrogens is 1. The third kappa shape index (κ3) is 3.25. The number of likely N-dealkylation sites (tertiary alicyclic amines) is 1. The first-order valence-electron chi connectivity index (χ1n) is 5.41. The molecule has 0 spiro atoms. The summed E-state index contributed by atoms with van der Waals surface area (Å²) in [5.41, 5.74) is 0. The Morgan fingerprint density at radius 1 is 1.31 bits per heavy atom. The molecule has 4 nitrogen and oxygen atoms in total. The molecule has 1 aliphatic rings. The molecule has 0 aliphatic carbocycles. The summed E-state index contributed by atoms with van der Waals surface area (Å²) in [6.07, 6.45) is 3.85. The molecule has 0 atom stereocenters. The lowest BCUT2D eigenvalue weighted by molar-refractivity contribution is -0.919. The Bertz CT molecular complexity index is 345. The monoisotopic (exact) mass is 245 g/mol. The fourth-order valence-electron chi connectivity index (χ4n) is 2.06. The Morgan fingerprint density at radius 2 is 2.00 bits per heavy atom. The minimum atomic E-state index is -0.991. The minimum absolute atomic E-state index is 0. The lowest BCUT2D eigenvalue weighted by Gasteiger charge is -2.22. The zero-order valence-electron chi connectivity index (χ0n) is 9.04. The van der Waals surface area contributed by atoms with Crippen LogP contribution in [0.25, 0.3) is 0 Å². The van der Waals surface area contributed by atoms with Crippen LogP contribution < -0.4 is 17.3 Å². The van der Waals surface area contributed by atoms with E-state index in [1.54, 1.807) is 6.07 Å². The molecule has 5 heteroatoms. The average molecular weight is 246 g/mol. The van der Waals surface area contributed by atoms with Crippen LogP contribution in [0.3, 0.4) is 0 Å². The van der Waals surface area contributed by atoms with Gasteiger partial charge in [-0.2, -0.15) is 0 Å². The van der Waals surface area contributed by atoms with Gasteiger partial charge < -0.3 is 26.8 Å². The number of piperidine rings is 1. The van der Waals surface area contributed by atoms with Gasteiger partial charge in [0.05, 0.1) is 13.1 Å². The van der Waals surface area contributed by atoms with Crippen LogP contribution in [-0.2, 0) is 6.54 Å². The van der Waals surface area contributed by atoms with Gasteiger partial charge in [-0.3, -0.25) is 0 Å². The Labute approximate surface area is 101 Å². The minimum Gasteiger partial charge on any atom is -1.00 e. The van der Waals surface area contributed by atoms with Gasteiger partial charge in [-0.15, -0.1) is 0 Å². The number of carboxylic acids is 1. The van der Waals surface area contributed by atoms with Crippen molar-refractivity contribution in [3.8, 4) is 0 Å². The molecule has 0 radical (unpaired) electrons. The van der Waals surface area contributed by atoms with Gasteiger partial charge >= 0.3 is 5.97 Å². The van der Waals surface area contributed by atoms with Crippen LogP contribution in [0.5, 0.6) is 0 Å². The van der Waals surface area contributed by atoms with E-state index in [1.807, 2.05) is 0 Å². The molecule has 2 heterocycles. The number of carbonyl (C=O) groups is 1. The van der Waals surface area contributed by atoms with Crippen LogP contribution in [0.4, 0.5) is 0 Å². The molecule has 0 saturated carbocycles. The van der Waals surface area contributed by atoms with E-state index in [4.69, 9.17) is 9.52 Å². The largest absolute Gasteiger partial charge is 1.00 e. The van der Waals surface area contributed by atoms with E-state index in [2.05, 4.69) is 0 Å². The summed E-state index contributed by atoms with van der Waals surface area (Å²) in [5.74, 6) is -0.166. The summed E-state index contributed by atoms with van der Waals surface area (Å²) in [7, 11) is 0. The smallest absolute Gasteiger partial charge is 0.371 e. The van der Waals surface area contributed by atoms with Crippen molar-refractivity contribution in [3.63, 3.8) is 0 Å². The molecule has 1 aromatic rings. The van der Waals surface area contributed by atoms with Crippen molar-refractivity contribution in [1.82, 2.24) is 0 Å². The molecule has 0 unspecified atom stereocenters. The number of halogens is 1. The molecule has 1 aromatic heterocycles. The fraction of sp³-hybridized carbons (Fsp3) is 0.545. The molecular weight excluding hydrogens is 230 g/mol. The maximum absolute atomic E-state index is 10.6. The van der Waals surface area contributed by atoms with Crippen LogP contribution >= 0.6 is 0 Å². The first-order chi connectivity index (χ1) is 7.25. The van der Waals surface area contributed by atoms with E-state index in [-0.39, 0.29) is 18.2 Å². The summed E-state index contributed by atoms with van der Waals surface area (Å²) in [5, 5.41) is 8.70. The second-order valence-corrected chi connectivity index (χ2v) is 4.06. The van der Waals surface area contributed by atoms with E-state index in [0.717, 1.165) is 12.3 Å². The number of furan rings is 1. The van der Waals surface area contributed by atoms with Crippen molar-refractivity contribution < 1.29 is 31.6 Å². The number of nitrogens with one attached hydrogen (secondary N) is 1. The van der Waals surface area contributed by atoms with Gasteiger partial charge in [-0.25, -0.2) is 4.79 Å². The molecule has 16 heavy (non-hydrogen) atoms. The van der Waals surface area contributed by atoms with Crippen molar-refractivity contribution in [1.29, 1.82) is 0 Å². The van der Waals surface area contributed by atoms with Crippen molar-refractivity contribution in [2.75, 3.05) is 13.1 Å². The van der Waals surface area contributed by atoms with E-state index in [0.29, 0.717) is 0 Å². The molecule has 90 valence electrons. The molecule has 0 amide bonds. The highest BCUT2D eigenvalue weighted by Gasteiger charge is 2.17. The zero-order valence-corrected chi connectivity index (χ0v) is 9.79. The highest BCUT2D eigenvalue weighted by Crippen LogP contribution is 2.07. The van der Waals surface area contributed by atoms with Crippen LogP contribution in [0, 0.1) is 0 Å². The standard InChI is InChI=1S/C11H15NO3.ClH/c13-11(14)10-5-4-9(15-10)8-12-6-2-1-3-7-12;/h4-5H,1-3,6-8H2,(H,13,14);1H.